The van der Waals surface area contributed by atoms with Crippen molar-refractivity contribution in [2.75, 3.05) is 26.2 Å². The second-order valence-corrected chi connectivity index (χ2v) is 5.47. The predicted octanol–water partition coefficient (Wildman–Crippen LogP) is 0.794. The third-order valence-corrected chi connectivity index (χ3v) is 3.85. The lowest BCUT2D eigenvalue weighted by molar-refractivity contribution is -0.141. The summed E-state index contributed by atoms with van der Waals surface area (Å²) in [5.41, 5.74) is 0. The third kappa shape index (κ3) is 3.45. The van der Waals surface area contributed by atoms with Gasteiger partial charge >= 0.3 is 5.97 Å². The molecule has 0 aromatic rings. The van der Waals surface area contributed by atoms with Crippen molar-refractivity contribution in [2.45, 2.75) is 38.6 Å². The van der Waals surface area contributed by atoms with Gasteiger partial charge in [0, 0.05) is 19.6 Å². The van der Waals surface area contributed by atoms with Crippen LogP contribution in [0.4, 0.5) is 0 Å². The quantitative estimate of drug-likeness (QED) is 0.761. The van der Waals surface area contributed by atoms with Crippen LogP contribution in [0.1, 0.15) is 32.6 Å². The monoisotopic (exact) mass is 254 g/mol. The summed E-state index contributed by atoms with van der Waals surface area (Å²) in [5, 5.41) is 8.95. The number of rotatable bonds is 6. The van der Waals surface area contributed by atoms with Crippen LogP contribution in [-0.4, -0.2) is 59.0 Å². The van der Waals surface area contributed by atoms with Crippen molar-refractivity contribution in [1.29, 1.82) is 0 Å². The van der Waals surface area contributed by atoms with Crippen molar-refractivity contribution >= 4 is 11.9 Å². The lowest BCUT2D eigenvalue weighted by Crippen LogP contribution is -2.48. The fourth-order valence-electron chi connectivity index (χ4n) is 2.52. The number of likely N-dealkylation sites (tertiary alicyclic amines) is 1. The molecule has 0 radical (unpaired) electrons. The average Bonchev–Trinajstić information content (AvgIpc) is 2.96. The number of hydrogen-bond donors (Lipinski definition) is 1. The van der Waals surface area contributed by atoms with Crippen LogP contribution in [0.25, 0.3) is 0 Å². The number of nitrogens with zero attached hydrogens (tertiary/aromatic N) is 2. The summed E-state index contributed by atoms with van der Waals surface area (Å²) in [4.78, 5) is 26.8. The van der Waals surface area contributed by atoms with E-state index >= 15 is 0 Å². The number of carbonyl (C=O) groups excluding carboxylic acids is 1. The summed E-state index contributed by atoms with van der Waals surface area (Å²) in [6.07, 6.45) is 4.47. The highest BCUT2D eigenvalue weighted by Gasteiger charge is 2.32. The van der Waals surface area contributed by atoms with E-state index in [1.54, 1.807) is 0 Å². The topological polar surface area (TPSA) is 60.9 Å². The maximum atomic E-state index is 12.3. The molecule has 18 heavy (non-hydrogen) atoms. The van der Waals surface area contributed by atoms with E-state index in [0.717, 1.165) is 32.5 Å². The van der Waals surface area contributed by atoms with Crippen LogP contribution in [0.2, 0.25) is 0 Å². The van der Waals surface area contributed by atoms with Crippen molar-refractivity contribution < 1.29 is 14.7 Å². The van der Waals surface area contributed by atoms with Gasteiger partial charge in [-0.15, -0.1) is 0 Å². The maximum Gasteiger partial charge on any atom is 0.317 e. The van der Waals surface area contributed by atoms with Crippen LogP contribution < -0.4 is 0 Å². The molecule has 0 bridgehead atoms. The van der Waals surface area contributed by atoms with E-state index in [9.17, 15) is 9.59 Å². The molecule has 5 nitrogen and oxygen atoms in total. The molecule has 2 aliphatic rings. The molecule has 1 atom stereocenters. The Bertz CT molecular complexity index is 322. The Hall–Kier alpha value is -1.10. The van der Waals surface area contributed by atoms with Gasteiger partial charge in [-0.3, -0.25) is 14.5 Å². The molecule has 0 spiro atoms. The molecule has 0 aromatic carbocycles. The molecule has 2 fully saturated rings. The number of aliphatic carboxylic acids is 1. The fourth-order valence-corrected chi connectivity index (χ4v) is 2.52. The number of amides is 1. The van der Waals surface area contributed by atoms with E-state index in [2.05, 4.69) is 0 Å². The van der Waals surface area contributed by atoms with E-state index in [4.69, 9.17) is 5.11 Å². The molecule has 1 saturated carbocycles. The molecule has 1 aliphatic heterocycles. The number of carboxylic acids is 1. The van der Waals surface area contributed by atoms with E-state index < -0.39 is 5.97 Å². The third-order valence-electron chi connectivity index (χ3n) is 3.85. The molecule has 1 heterocycles. The lowest BCUT2D eigenvalue weighted by atomic mass is 10.2. The zero-order valence-corrected chi connectivity index (χ0v) is 11.0. The van der Waals surface area contributed by atoms with Gasteiger partial charge in [0.2, 0.25) is 5.91 Å². The van der Waals surface area contributed by atoms with Crippen LogP contribution in [0.5, 0.6) is 0 Å². The Balaban J connectivity index is 1.93. The van der Waals surface area contributed by atoms with Gasteiger partial charge in [-0.25, -0.2) is 0 Å². The second kappa shape index (κ2) is 5.69. The van der Waals surface area contributed by atoms with Crippen molar-refractivity contribution in [3.8, 4) is 0 Å². The Morgan fingerprint density at radius 1 is 1.33 bits per heavy atom. The van der Waals surface area contributed by atoms with Crippen molar-refractivity contribution in [2.24, 2.45) is 5.92 Å². The summed E-state index contributed by atoms with van der Waals surface area (Å²) >= 11 is 0. The molecule has 0 aromatic heterocycles. The Labute approximate surface area is 108 Å². The molecule has 1 N–H and O–H groups in total. The van der Waals surface area contributed by atoms with Crippen LogP contribution >= 0.6 is 0 Å². The van der Waals surface area contributed by atoms with E-state index in [-0.39, 0.29) is 18.5 Å². The molecule has 2 rings (SSSR count). The van der Waals surface area contributed by atoms with Gasteiger partial charge in [0.05, 0.1) is 12.6 Å². The fraction of sp³-hybridized carbons (Fsp3) is 0.846. The SMILES string of the molecule is CC(C(=O)N1CCCC1)N(CC(=O)O)CC1CC1. The van der Waals surface area contributed by atoms with Gasteiger partial charge in [-0.1, -0.05) is 0 Å². The normalized spacial score (nSPS) is 21.3. The molecule has 1 unspecified atom stereocenters. The standard InChI is InChI=1S/C13H22N2O3/c1-10(13(18)14-6-2-3-7-14)15(9-12(16)17)8-11-4-5-11/h10-11H,2-9H2,1H3,(H,16,17). The van der Waals surface area contributed by atoms with Gasteiger partial charge in [0.1, 0.15) is 0 Å². The first kappa shape index (κ1) is 13.3. The van der Waals surface area contributed by atoms with Crippen LogP contribution in [-0.2, 0) is 9.59 Å². The first-order valence-electron chi connectivity index (χ1n) is 6.82. The summed E-state index contributed by atoms with van der Waals surface area (Å²) in [7, 11) is 0. The maximum absolute atomic E-state index is 12.3. The number of carbonyl (C=O) groups is 2. The molecule has 1 amide bonds. The Kier molecular flexibility index (Phi) is 4.22. The van der Waals surface area contributed by atoms with E-state index in [1.807, 2.05) is 16.7 Å². The smallest absolute Gasteiger partial charge is 0.317 e. The van der Waals surface area contributed by atoms with Crippen molar-refractivity contribution in [1.82, 2.24) is 9.80 Å². The molecular formula is C13H22N2O3. The van der Waals surface area contributed by atoms with Crippen LogP contribution in [0.3, 0.4) is 0 Å². The second-order valence-electron chi connectivity index (χ2n) is 5.47. The molecule has 1 aliphatic carbocycles. The minimum absolute atomic E-state index is 0.0305. The minimum atomic E-state index is -0.850. The van der Waals surface area contributed by atoms with Crippen LogP contribution in [0.15, 0.2) is 0 Å². The minimum Gasteiger partial charge on any atom is -0.480 e. The van der Waals surface area contributed by atoms with E-state index in [0.29, 0.717) is 5.92 Å². The van der Waals surface area contributed by atoms with Crippen LogP contribution in [0, 0.1) is 5.92 Å². The van der Waals surface area contributed by atoms with Gasteiger partial charge in [-0.2, -0.15) is 0 Å². The zero-order chi connectivity index (χ0) is 13.1. The van der Waals surface area contributed by atoms with Gasteiger partial charge < -0.3 is 10.0 Å². The first-order chi connectivity index (χ1) is 8.58. The summed E-state index contributed by atoms with van der Waals surface area (Å²) < 4.78 is 0. The van der Waals surface area contributed by atoms with Gasteiger partial charge in [0.15, 0.2) is 0 Å². The molecule has 102 valence electrons. The van der Waals surface area contributed by atoms with Gasteiger partial charge in [0.25, 0.3) is 0 Å². The summed E-state index contributed by atoms with van der Waals surface area (Å²) in [6, 6.07) is -0.306. The average molecular weight is 254 g/mol. The molecule has 5 heteroatoms. The molecule has 1 saturated heterocycles. The van der Waals surface area contributed by atoms with Crippen molar-refractivity contribution in [3.05, 3.63) is 0 Å². The first-order valence-corrected chi connectivity index (χ1v) is 6.82. The predicted molar refractivity (Wildman–Crippen MR) is 67.2 cm³/mol. The van der Waals surface area contributed by atoms with Gasteiger partial charge in [-0.05, 0) is 38.5 Å². The molecular weight excluding hydrogens is 232 g/mol. The number of hydrogen-bond acceptors (Lipinski definition) is 3. The Morgan fingerprint density at radius 3 is 2.44 bits per heavy atom. The number of carboxylic acid groups (broad SMARTS) is 1. The highest BCUT2D eigenvalue weighted by atomic mass is 16.4. The Morgan fingerprint density at radius 2 is 1.94 bits per heavy atom. The summed E-state index contributed by atoms with van der Waals surface area (Å²) in [6.45, 7) is 4.21. The zero-order valence-electron chi connectivity index (χ0n) is 11.0. The highest BCUT2D eigenvalue weighted by Crippen LogP contribution is 2.30. The summed E-state index contributed by atoms with van der Waals surface area (Å²) in [5.74, 6) is -0.163. The highest BCUT2D eigenvalue weighted by molar-refractivity contribution is 5.82. The van der Waals surface area contributed by atoms with E-state index in [1.165, 1.54) is 12.8 Å². The van der Waals surface area contributed by atoms with Crippen molar-refractivity contribution in [3.63, 3.8) is 0 Å². The lowest BCUT2D eigenvalue weighted by Gasteiger charge is -2.29. The largest absolute Gasteiger partial charge is 0.480 e.